The molecule has 1 aliphatic rings. The van der Waals surface area contributed by atoms with Gasteiger partial charge in [0.15, 0.2) is 5.82 Å². The maximum absolute atomic E-state index is 11.6. The predicted molar refractivity (Wildman–Crippen MR) is 67.4 cm³/mol. The average Bonchev–Trinajstić information content (AvgIpc) is 2.99. The lowest BCUT2D eigenvalue weighted by molar-refractivity contribution is -0.119. The second-order valence-electron chi connectivity index (χ2n) is 4.74. The number of hydrogen-bond donors (Lipinski definition) is 0. The van der Waals surface area contributed by atoms with E-state index in [2.05, 4.69) is 28.9 Å². The first-order valence-corrected chi connectivity index (χ1v) is 6.82. The van der Waals surface area contributed by atoms with E-state index >= 15 is 0 Å². The van der Waals surface area contributed by atoms with Crippen LogP contribution in [0.1, 0.15) is 50.7 Å². The molecular formula is C13H21N3O2. The molecular weight excluding hydrogens is 230 g/mol. The Labute approximate surface area is 108 Å². The van der Waals surface area contributed by atoms with Crippen LogP contribution in [0.3, 0.4) is 0 Å². The second-order valence-corrected chi connectivity index (χ2v) is 4.74. The van der Waals surface area contributed by atoms with E-state index in [4.69, 9.17) is 4.52 Å². The highest BCUT2D eigenvalue weighted by Gasteiger charge is 2.30. The van der Waals surface area contributed by atoms with E-state index in [0.29, 0.717) is 12.3 Å². The highest BCUT2D eigenvalue weighted by atomic mass is 16.5. The number of Topliss-reactive ketones (excluding diaryl/α,β-unsaturated/α-hetero) is 1. The fourth-order valence-corrected chi connectivity index (χ4v) is 2.39. The van der Waals surface area contributed by atoms with Crippen LogP contribution in [0.15, 0.2) is 4.52 Å². The fourth-order valence-electron chi connectivity index (χ4n) is 2.39. The van der Waals surface area contributed by atoms with Crippen molar-refractivity contribution in [3.63, 3.8) is 0 Å². The number of carbonyl (C=O) groups excluding carboxylic acids is 1. The van der Waals surface area contributed by atoms with Gasteiger partial charge in [0.2, 0.25) is 5.89 Å². The Kier molecular flexibility index (Phi) is 4.47. The van der Waals surface area contributed by atoms with Crippen molar-refractivity contribution in [3.8, 4) is 0 Å². The van der Waals surface area contributed by atoms with Crippen LogP contribution >= 0.6 is 0 Å². The summed E-state index contributed by atoms with van der Waals surface area (Å²) in [4.78, 5) is 18.3. The van der Waals surface area contributed by atoms with Crippen molar-refractivity contribution in [2.45, 2.75) is 45.4 Å². The van der Waals surface area contributed by atoms with Crippen molar-refractivity contribution in [2.24, 2.45) is 0 Å². The van der Waals surface area contributed by atoms with Crippen LogP contribution in [0.4, 0.5) is 0 Å². The molecule has 1 fully saturated rings. The van der Waals surface area contributed by atoms with Crippen LogP contribution in [0.2, 0.25) is 0 Å². The van der Waals surface area contributed by atoms with Crippen molar-refractivity contribution < 1.29 is 9.32 Å². The molecule has 2 rings (SSSR count). The van der Waals surface area contributed by atoms with Gasteiger partial charge in [-0.3, -0.25) is 4.79 Å². The van der Waals surface area contributed by atoms with Gasteiger partial charge in [0.25, 0.3) is 0 Å². The quantitative estimate of drug-likeness (QED) is 0.771. The van der Waals surface area contributed by atoms with Gasteiger partial charge in [0, 0.05) is 19.4 Å². The highest BCUT2D eigenvalue weighted by Crippen LogP contribution is 2.29. The van der Waals surface area contributed by atoms with Gasteiger partial charge in [0.05, 0.1) is 5.92 Å². The van der Waals surface area contributed by atoms with Crippen molar-refractivity contribution in [1.29, 1.82) is 0 Å². The number of rotatable bonds is 6. The first-order chi connectivity index (χ1) is 8.74. The Balaban J connectivity index is 1.91. The van der Waals surface area contributed by atoms with Gasteiger partial charge < -0.3 is 9.42 Å². The largest absolute Gasteiger partial charge is 0.339 e. The van der Waals surface area contributed by atoms with E-state index in [-0.39, 0.29) is 11.7 Å². The van der Waals surface area contributed by atoms with Crippen LogP contribution < -0.4 is 0 Å². The van der Waals surface area contributed by atoms with E-state index in [1.807, 2.05) is 0 Å². The van der Waals surface area contributed by atoms with Crippen molar-refractivity contribution in [2.75, 3.05) is 19.6 Å². The molecule has 18 heavy (non-hydrogen) atoms. The number of likely N-dealkylation sites (N-methyl/N-ethyl adjacent to an activating group) is 1. The zero-order valence-electron chi connectivity index (χ0n) is 11.2. The average molecular weight is 251 g/mol. The zero-order valence-corrected chi connectivity index (χ0v) is 11.2. The maximum atomic E-state index is 11.6. The molecule has 0 radical (unpaired) electrons. The van der Waals surface area contributed by atoms with E-state index in [1.165, 1.54) is 0 Å². The molecule has 0 amide bonds. The Hall–Kier alpha value is -1.23. The molecule has 100 valence electrons. The van der Waals surface area contributed by atoms with Crippen LogP contribution in [-0.4, -0.2) is 40.5 Å². The van der Waals surface area contributed by atoms with Crippen molar-refractivity contribution >= 4 is 5.78 Å². The number of aromatic nitrogens is 2. The molecule has 5 heteroatoms. The fraction of sp³-hybridized carbons (Fsp3) is 0.769. The number of carbonyl (C=O) groups is 1. The van der Waals surface area contributed by atoms with Gasteiger partial charge in [-0.1, -0.05) is 19.0 Å². The van der Waals surface area contributed by atoms with E-state index in [1.54, 1.807) is 0 Å². The third-order valence-electron chi connectivity index (χ3n) is 3.63. The third-order valence-corrected chi connectivity index (χ3v) is 3.63. The molecule has 5 nitrogen and oxygen atoms in total. The van der Waals surface area contributed by atoms with Gasteiger partial charge >= 0.3 is 0 Å². The van der Waals surface area contributed by atoms with Gasteiger partial charge in [-0.15, -0.1) is 0 Å². The van der Waals surface area contributed by atoms with Gasteiger partial charge in [-0.25, -0.2) is 0 Å². The molecule has 1 atom stereocenters. The molecule has 0 N–H and O–H groups in total. The SMILES string of the molecule is CCN(CC)CCc1noc(C2CCCC2=O)n1. The van der Waals surface area contributed by atoms with E-state index in [9.17, 15) is 4.79 Å². The Bertz CT molecular complexity index is 399. The van der Waals surface area contributed by atoms with Crippen molar-refractivity contribution in [1.82, 2.24) is 15.0 Å². The molecule has 0 spiro atoms. The highest BCUT2D eigenvalue weighted by molar-refractivity contribution is 5.86. The second kappa shape index (κ2) is 6.09. The number of nitrogens with zero attached hydrogens (tertiary/aromatic N) is 3. The van der Waals surface area contributed by atoms with Crippen LogP contribution in [0.25, 0.3) is 0 Å². The summed E-state index contributed by atoms with van der Waals surface area (Å²) < 4.78 is 5.22. The minimum Gasteiger partial charge on any atom is -0.339 e. The lowest BCUT2D eigenvalue weighted by Crippen LogP contribution is -2.25. The topological polar surface area (TPSA) is 59.2 Å². The predicted octanol–water partition coefficient (Wildman–Crippen LogP) is 1.79. The monoisotopic (exact) mass is 251 g/mol. The summed E-state index contributed by atoms with van der Waals surface area (Å²) in [6, 6.07) is 0. The zero-order chi connectivity index (χ0) is 13.0. The molecule has 1 aromatic heterocycles. The summed E-state index contributed by atoms with van der Waals surface area (Å²) in [7, 11) is 0. The summed E-state index contributed by atoms with van der Waals surface area (Å²) in [6.07, 6.45) is 3.24. The Morgan fingerprint density at radius 2 is 2.17 bits per heavy atom. The van der Waals surface area contributed by atoms with Gasteiger partial charge in [0.1, 0.15) is 5.78 Å². The van der Waals surface area contributed by atoms with Crippen LogP contribution in [0, 0.1) is 0 Å². The molecule has 0 aliphatic heterocycles. The summed E-state index contributed by atoms with van der Waals surface area (Å²) in [5.74, 6) is 1.34. The first kappa shape index (κ1) is 13.2. The maximum Gasteiger partial charge on any atom is 0.237 e. The summed E-state index contributed by atoms with van der Waals surface area (Å²) in [6.45, 7) is 7.28. The summed E-state index contributed by atoms with van der Waals surface area (Å²) in [5.41, 5.74) is 0. The molecule has 1 aromatic rings. The third kappa shape index (κ3) is 2.96. The number of ketones is 1. The minimum absolute atomic E-state index is 0.139. The van der Waals surface area contributed by atoms with Gasteiger partial charge in [-0.2, -0.15) is 4.98 Å². The summed E-state index contributed by atoms with van der Waals surface area (Å²) in [5, 5.41) is 3.97. The molecule has 0 aromatic carbocycles. The molecule has 0 bridgehead atoms. The number of hydrogen-bond acceptors (Lipinski definition) is 5. The molecule has 1 saturated carbocycles. The van der Waals surface area contributed by atoms with E-state index < -0.39 is 0 Å². The van der Waals surface area contributed by atoms with Crippen LogP contribution in [0.5, 0.6) is 0 Å². The summed E-state index contributed by atoms with van der Waals surface area (Å²) >= 11 is 0. The Morgan fingerprint density at radius 1 is 1.39 bits per heavy atom. The van der Waals surface area contributed by atoms with Crippen molar-refractivity contribution in [3.05, 3.63) is 11.7 Å². The molecule has 1 heterocycles. The molecule has 1 aliphatic carbocycles. The smallest absolute Gasteiger partial charge is 0.237 e. The van der Waals surface area contributed by atoms with Gasteiger partial charge in [-0.05, 0) is 25.9 Å². The molecule has 0 saturated heterocycles. The van der Waals surface area contributed by atoms with Crippen LogP contribution in [-0.2, 0) is 11.2 Å². The lowest BCUT2D eigenvalue weighted by atomic mass is 10.1. The standard InChI is InChI=1S/C13H21N3O2/c1-3-16(4-2)9-8-12-14-13(18-15-12)10-6-5-7-11(10)17/h10H,3-9H2,1-2H3. The first-order valence-electron chi connectivity index (χ1n) is 6.82. The molecule has 1 unspecified atom stereocenters. The normalized spacial score (nSPS) is 19.9. The lowest BCUT2D eigenvalue weighted by Gasteiger charge is -2.16. The minimum atomic E-state index is -0.139. The van der Waals surface area contributed by atoms with E-state index in [0.717, 1.165) is 44.7 Å². The Morgan fingerprint density at radius 3 is 2.78 bits per heavy atom.